The molecule has 1 amide bonds. The molecule has 5 heteroatoms. The first-order chi connectivity index (χ1) is 9.48. The molecule has 0 unspecified atom stereocenters. The van der Waals surface area contributed by atoms with E-state index in [4.69, 9.17) is 4.52 Å². The fraction of sp³-hybridized carbons (Fsp3) is 0.733. The first-order valence-electron chi connectivity index (χ1n) is 7.45. The Balaban J connectivity index is 1.86. The van der Waals surface area contributed by atoms with Crippen molar-refractivity contribution >= 4 is 5.91 Å². The highest BCUT2D eigenvalue weighted by molar-refractivity contribution is 5.91. The van der Waals surface area contributed by atoms with Gasteiger partial charge in [0.1, 0.15) is 0 Å². The second-order valence-electron chi connectivity index (χ2n) is 6.25. The molecule has 20 heavy (non-hydrogen) atoms. The van der Waals surface area contributed by atoms with Crippen LogP contribution in [0.4, 0.5) is 0 Å². The molecule has 1 aliphatic rings. The van der Waals surface area contributed by atoms with Crippen molar-refractivity contribution < 1.29 is 14.4 Å². The third-order valence-electron chi connectivity index (χ3n) is 3.76. The van der Waals surface area contributed by atoms with Crippen LogP contribution in [0.2, 0.25) is 0 Å². The summed E-state index contributed by atoms with van der Waals surface area (Å²) in [6.07, 6.45) is 5.50. The monoisotopic (exact) mass is 280 g/mol. The van der Waals surface area contributed by atoms with Crippen LogP contribution in [0.15, 0.2) is 10.6 Å². The van der Waals surface area contributed by atoms with Gasteiger partial charge in [0.25, 0.3) is 5.91 Å². The summed E-state index contributed by atoms with van der Waals surface area (Å²) in [4.78, 5) is 12.0. The Hall–Kier alpha value is -1.36. The van der Waals surface area contributed by atoms with Gasteiger partial charge in [-0.05, 0) is 25.2 Å². The van der Waals surface area contributed by atoms with Crippen molar-refractivity contribution in [2.24, 2.45) is 5.92 Å². The van der Waals surface area contributed by atoms with Gasteiger partial charge in [-0.25, -0.2) is 0 Å². The molecule has 0 saturated heterocycles. The predicted octanol–water partition coefficient (Wildman–Crippen LogP) is 2.30. The maximum absolute atomic E-state index is 12.0. The van der Waals surface area contributed by atoms with Crippen LogP contribution in [0.5, 0.6) is 0 Å². The highest BCUT2D eigenvalue weighted by Crippen LogP contribution is 2.27. The van der Waals surface area contributed by atoms with Gasteiger partial charge in [0.05, 0.1) is 11.3 Å². The first kappa shape index (κ1) is 15.0. The topological polar surface area (TPSA) is 75.4 Å². The number of aliphatic hydroxyl groups is 1. The molecule has 0 atom stereocenters. The summed E-state index contributed by atoms with van der Waals surface area (Å²) in [5.74, 6) is 0.394. The molecule has 5 nitrogen and oxygen atoms in total. The Bertz CT molecular complexity index is 448. The van der Waals surface area contributed by atoms with Gasteiger partial charge >= 0.3 is 0 Å². The fourth-order valence-electron chi connectivity index (χ4n) is 2.65. The van der Waals surface area contributed by atoms with Crippen LogP contribution in [0.1, 0.15) is 62.2 Å². The number of carbonyl (C=O) groups excluding carboxylic acids is 1. The number of amides is 1. The van der Waals surface area contributed by atoms with Gasteiger partial charge in [-0.3, -0.25) is 4.79 Å². The molecule has 0 aliphatic heterocycles. The highest BCUT2D eigenvalue weighted by atomic mass is 16.5. The second kappa shape index (κ2) is 6.39. The van der Waals surface area contributed by atoms with Crippen molar-refractivity contribution in [3.05, 3.63) is 17.5 Å². The first-order valence-corrected chi connectivity index (χ1v) is 7.45. The Kier molecular flexibility index (Phi) is 4.81. The van der Waals surface area contributed by atoms with E-state index < -0.39 is 5.60 Å². The lowest BCUT2D eigenvalue weighted by atomic mass is 9.85. The number of aromatic nitrogens is 1. The maximum atomic E-state index is 12.0. The Morgan fingerprint density at radius 1 is 1.45 bits per heavy atom. The van der Waals surface area contributed by atoms with Crippen LogP contribution in [0.3, 0.4) is 0 Å². The zero-order chi connectivity index (χ0) is 14.6. The molecular formula is C15H24N2O3. The van der Waals surface area contributed by atoms with Crippen molar-refractivity contribution in [1.29, 1.82) is 0 Å². The van der Waals surface area contributed by atoms with Crippen molar-refractivity contribution in [2.45, 2.75) is 58.0 Å². The van der Waals surface area contributed by atoms with Crippen LogP contribution in [-0.4, -0.2) is 28.3 Å². The van der Waals surface area contributed by atoms with E-state index in [-0.39, 0.29) is 18.2 Å². The number of nitrogens with one attached hydrogen (secondary N) is 1. The molecule has 1 fully saturated rings. The average molecular weight is 280 g/mol. The van der Waals surface area contributed by atoms with E-state index in [1.807, 2.05) is 0 Å². The van der Waals surface area contributed by atoms with E-state index in [2.05, 4.69) is 24.3 Å². The molecule has 2 N–H and O–H groups in total. The maximum Gasteiger partial charge on any atom is 0.290 e. The summed E-state index contributed by atoms with van der Waals surface area (Å²) in [6.45, 7) is 4.46. The van der Waals surface area contributed by atoms with Gasteiger partial charge in [0.2, 0.25) is 5.76 Å². The van der Waals surface area contributed by atoms with Gasteiger partial charge in [0, 0.05) is 12.6 Å². The summed E-state index contributed by atoms with van der Waals surface area (Å²) in [6, 6.07) is 1.68. The quantitative estimate of drug-likeness (QED) is 0.867. The zero-order valence-corrected chi connectivity index (χ0v) is 12.3. The minimum atomic E-state index is -0.755. The molecule has 1 aromatic heterocycles. The SMILES string of the molecule is CC(C)Cc1cc(C(=O)NCC2(O)CCCCC2)on1. The molecule has 0 radical (unpaired) electrons. The van der Waals surface area contributed by atoms with Crippen molar-refractivity contribution in [3.8, 4) is 0 Å². The molecule has 1 aromatic rings. The highest BCUT2D eigenvalue weighted by Gasteiger charge is 2.30. The lowest BCUT2D eigenvalue weighted by Gasteiger charge is -2.31. The number of hydrogen-bond donors (Lipinski definition) is 2. The summed E-state index contributed by atoms with van der Waals surface area (Å²) >= 11 is 0. The zero-order valence-electron chi connectivity index (χ0n) is 12.3. The smallest absolute Gasteiger partial charge is 0.290 e. The number of nitrogens with zero attached hydrogens (tertiary/aromatic N) is 1. The Morgan fingerprint density at radius 3 is 2.80 bits per heavy atom. The summed E-state index contributed by atoms with van der Waals surface area (Å²) in [5, 5.41) is 17.0. The largest absolute Gasteiger partial charge is 0.388 e. The average Bonchev–Trinajstić information content (AvgIpc) is 2.85. The molecule has 1 aliphatic carbocycles. The summed E-state index contributed by atoms with van der Waals surface area (Å²) in [5.41, 5.74) is 0.0378. The van der Waals surface area contributed by atoms with E-state index in [0.29, 0.717) is 5.92 Å². The van der Waals surface area contributed by atoms with Crippen molar-refractivity contribution in [2.75, 3.05) is 6.54 Å². The standard InChI is InChI=1S/C15H24N2O3/c1-11(2)8-12-9-13(20-17-12)14(18)16-10-15(19)6-4-3-5-7-15/h9,11,19H,3-8,10H2,1-2H3,(H,16,18). The molecule has 0 bridgehead atoms. The molecule has 0 aromatic carbocycles. The van der Waals surface area contributed by atoms with E-state index in [1.165, 1.54) is 0 Å². The van der Waals surface area contributed by atoms with Gasteiger partial charge < -0.3 is 14.9 Å². The third kappa shape index (κ3) is 4.07. The number of carbonyl (C=O) groups is 1. The Labute approximate surface area is 119 Å². The van der Waals surface area contributed by atoms with Crippen molar-refractivity contribution in [3.63, 3.8) is 0 Å². The molecule has 1 heterocycles. The van der Waals surface area contributed by atoms with E-state index in [0.717, 1.165) is 44.2 Å². The summed E-state index contributed by atoms with van der Waals surface area (Å²) < 4.78 is 5.06. The minimum Gasteiger partial charge on any atom is -0.388 e. The van der Waals surface area contributed by atoms with Crippen LogP contribution in [0.25, 0.3) is 0 Å². The van der Waals surface area contributed by atoms with Gasteiger partial charge in [-0.2, -0.15) is 0 Å². The fourth-order valence-corrected chi connectivity index (χ4v) is 2.65. The van der Waals surface area contributed by atoms with Gasteiger partial charge in [-0.15, -0.1) is 0 Å². The normalized spacial score (nSPS) is 18.2. The second-order valence-corrected chi connectivity index (χ2v) is 6.25. The van der Waals surface area contributed by atoms with Crippen LogP contribution in [-0.2, 0) is 6.42 Å². The molecule has 2 rings (SSSR count). The van der Waals surface area contributed by atoms with E-state index in [9.17, 15) is 9.90 Å². The van der Waals surface area contributed by atoms with Crippen LogP contribution >= 0.6 is 0 Å². The minimum absolute atomic E-state index is 0.222. The lowest BCUT2D eigenvalue weighted by molar-refractivity contribution is 0.00496. The van der Waals surface area contributed by atoms with Crippen LogP contribution < -0.4 is 5.32 Å². The van der Waals surface area contributed by atoms with E-state index in [1.54, 1.807) is 6.07 Å². The molecular weight excluding hydrogens is 256 g/mol. The van der Waals surface area contributed by atoms with Crippen LogP contribution in [0, 0.1) is 5.92 Å². The third-order valence-corrected chi connectivity index (χ3v) is 3.76. The Morgan fingerprint density at radius 2 is 2.15 bits per heavy atom. The molecule has 112 valence electrons. The summed E-state index contributed by atoms with van der Waals surface area (Å²) in [7, 11) is 0. The van der Waals surface area contributed by atoms with Gasteiger partial charge in [0.15, 0.2) is 0 Å². The number of rotatable bonds is 5. The van der Waals surface area contributed by atoms with E-state index >= 15 is 0 Å². The molecule has 1 saturated carbocycles. The van der Waals surface area contributed by atoms with Gasteiger partial charge in [-0.1, -0.05) is 38.3 Å². The van der Waals surface area contributed by atoms with Crippen molar-refractivity contribution in [1.82, 2.24) is 10.5 Å². The molecule has 0 spiro atoms. The lowest BCUT2D eigenvalue weighted by Crippen LogP contribution is -2.44. The number of hydrogen-bond acceptors (Lipinski definition) is 4. The predicted molar refractivity (Wildman–Crippen MR) is 75.4 cm³/mol.